The van der Waals surface area contributed by atoms with Crippen LogP contribution in [0.15, 0.2) is 48.5 Å². The van der Waals surface area contributed by atoms with Gasteiger partial charge in [-0.3, -0.25) is 0 Å². The first-order chi connectivity index (χ1) is 10.2. The highest BCUT2D eigenvalue weighted by molar-refractivity contribution is 5.44. The molecule has 0 saturated carbocycles. The minimum atomic E-state index is 0. The van der Waals surface area contributed by atoms with Gasteiger partial charge < -0.3 is 26.8 Å². The van der Waals surface area contributed by atoms with Crippen molar-refractivity contribution in [1.82, 2.24) is 0 Å². The highest BCUT2D eigenvalue weighted by atomic mass is 35.5. The zero-order chi connectivity index (χ0) is 14.7. The third kappa shape index (κ3) is 3.73. The number of hydrogen-bond donors (Lipinski definition) is 1. The second-order valence-corrected chi connectivity index (χ2v) is 5.72. The van der Waals surface area contributed by atoms with Gasteiger partial charge in [-0.25, -0.2) is 0 Å². The number of nitrogens with one attached hydrogen (secondary N) is 1. The molecule has 0 saturated heterocycles. The monoisotopic (exact) mass is 319 g/mol. The predicted molar refractivity (Wildman–Crippen MR) is 83.1 cm³/mol. The summed E-state index contributed by atoms with van der Waals surface area (Å²) >= 11 is 0. The Kier molecular flexibility index (Phi) is 5.69. The molecule has 1 unspecified atom stereocenters. The number of rotatable bonds is 4. The summed E-state index contributed by atoms with van der Waals surface area (Å²) in [5, 5.41) is 0. The van der Waals surface area contributed by atoms with Crippen LogP contribution < -0.4 is 26.8 Å². The molecule has 0 fully saturated rings. The number of hydrogen-bond acceptors (Lipinski definition) is 2. The van der Waals surface area contributed by atoms with Crippen molar-refractivity contribution in [3.8, 4) is 11.5 Å². The summed E-state index contributed by atoms with van der Waals surface area (Å²) in [5.41, 5.74) is 2.65. The van der Waals surface area contributed by atoms with Crippen LogP contribution in [-0.2, 0) is 6.42 Å². The quantitative estimate of drug-likeness (QED) is 0.772. The molecule has 2 aromatic carbocycles. The molecule has 0 spiro atoms. The van der Waals surface area contributed by atoms with Crippen LogP contribution in [0.2, 0.25) is 0 Å². The highest BCUT2D eigenvalue weighted by Crippen LogP contribution is 2.31. The first kappa shape index (κ1) is 16.7. The summed E-state index contributed by atoms with van der Waals surface area (Å²) in [5.74, 6) is 1.73. The van der Waals surface area contributed by atoms with E-state index in [1.165, 1.54) is 16.0 Å². The lowest BCUT2D eigenvalue weighted by atomic mass is 9.97. The van der Waals surface area contributed by atoms with E-state index < -0.39 is 0 Å². The van der Waals surface area contributed by atoms with Gasteiger partial charge in [0.15, 0.2) is 11.5 Å². The van der Waals surface area contributed by atoms with Gasteiger partial charge in [-0.15, -0.1) is 0 Å². The fourth-order valence-corrected chi connectivity index (χ4v) is 2.79. The Bertz CT molecular complexity index is 601. The number of benzene rings is 2. The lowest BCUT2D eigenvalue weighted by Gasteiger charge is -2.23. The van der Waals surface area contributed by atoms with Crippen LogP contribution in [0.1, 0.15) is 17.2 Å². The van der Waals surface area contributed by atoms with E-state index in [0.717, 1.165) is 17.9 Å². The van der Waals surface area contributed by atoms with Crippen molar-refractivity contribution < 1.29 is 26.8 Å². The molecule has 22 heavy (non-hydrogen) atoms. The van der Waals surface area contributed by atoms with Crippen LogP contribution in [0.25, 0.3) is 0 Å². The molecule has 0 bridgehead atoms. The SMILES string of the molecule is C[NH+](C)C(Cc1ccc2c(c1)OCCO2)c1ccccc1.[Cl-]. The fourth-order valence-electron chi connectivity index (χ4n) is 2.79. The molecule has 1 N–H and O–H groups in total. The lowest BCUT2D eigenvalue weighted by molar-refractivity contribution is -0.892. The number of likely N-dealkylation sites (N-methyl/N-ethyl adjacent to an activating group) is 1. The summed E-state index contributed by atoms with van der Waals surface area (Å²) in [6.07, 6.45) is 0.989. The van der Waals surface area contributed by atoms with Crippen LogP contribution in [0, 0.1) is 0 Å². The Morgan fingerprint density at radius 2 is 1.64 bits per heavy atom. The van der Waals surface area contributed by atoms with E-state index >= 15 is 0 Å². The van der Waals surface area contributed by atoms with Crippen LogP contribution in [-0.4, -0.2) is 27.3 Å². The molecule has 3 rings (SSSR count). The minimum absolute atomic E-state index is 0. The average Bonchev–Trinajstić information content (AvgIpc) is 2.53. The summed E-state index contributed by atoms with van der Waals surface area (Å²) in [6.45, 7) is 1.28. The second-order valence-electron chi connectivity index (χ2n) is 5.72. The number of quaternary nitrogens is 1. The molecule has 1 heterocycles. The van der Waals surface area contributed by atoms with Crippen LogP contribution in [0.4, 0.5) is 0 Å². The summed E-state index contributed by atoms with van der Waals surface area (Å²) < 4.78 is 11.3. The fraction of sp³-hybridized carbons (Fsp3) is 0.333. The molecule has 1 atom stereocenters. The van der Waals surface area contributed by atoms with E-state index in [9.17, 15) is 0 Å². The zero-order valence-corrected chi connectivity index (χ0v) is 13.8. The van der Waals surface area contributed by atoms with Gasteiger partial charge in [-0.2, -0.15) is 0 Å². The highest BCUT2D eigenvalue weighted by Gasteiger charge is 2.20. The van der Waals surface area contributed by atoms with E-state index in [1.807, 2.05) is 6.07 Å². The van der Waals surface area contributed by atoms with Crippen molar-refractivity contribution in [3.05, 3.63) is 59.7 Å². The van der Waals surface area contributed by atoms with Gasteiger partial charge in [0.25, 0.3) is 0 Å². The molecular formula is C18H22ClNO2. The van der Waals surface area contributed by atoms with Gasteiger partial charge in [-0.05, 0) is 17.7 Å². The van der Waals surface area contributed by atoms with Gasteiger partial charge in [0, 0.05) is 12.0 Å². The molecule has 4 heteroatoms. The molecule has 1 aliphatic rings. The maximum atomic E-state index is 5.68. The van der Waals surface area contributed by atoms with E-state index in [2.05, 4.69) is 56.6 Å². The molecule has 3 nitrogen and oxygen atoms in total. The standard InChI is InChI=1S/C18H21NO2.ClH/c1-19(2)16(15-6-4-3-5-7-15)12-14-8-9-17-18(13-14)21-11-10-20-17;/h3-9,13,16H,10-12H2,1-2H3;1H. The Hall–Kier alpha value is -1.71. The molecule has 2 aromatic rings. The van der Waals surface area contributed by atoms with Crippen LogP contribution in [0.5, 0.6) is 11.5 Å². The Balaban J connectivity index is 0.00000176. The first-order valence-electron chi connectivity index (χ1n) is 7.47. The molecule has 1 aliphatic heterocycles. The molecular weight excluding hydrogens is 298 g/mol. The number of ether oxygens (including phenoxy) is 2. The smallest absolute Gasteiger partial charge is 0.161 e. The van der Waals surface area contributed by atoms with Crippen molar-refractivity contribution in [2.24, 2.45) is 0 Å². The van der Waals surface area contributed by atoms with Gasteiger partial charge in [0.2, 0.25) is 0 Å². The van der Waals surface area contributed by atoms with Crippen LogP contribution >= 0.6 is 0 Å². The molecule has 0 aromatic heterocycles. The third-order valence-electron chi connectivity index (χ3n) is 3.95. The zero-order valence-electron chi connectivity index (χ0n) is 13.0. The van der Waals surface area contributed by atoms with Crippen molar-refractivity contribution in [2.75, 3.05) is 27.3 Å². The van der Waals surface area contributed by atoms with E-state index in [1.54, 1.807) is 0 Å². The first-order valence-corrected chi connectivity index (χ1v) is 7.47. The molecule has 0 aliphatic carbocycles. The lowest BCUT2D eigenvalue weighted by Crippen LogP contribution is -3.06. The topological polar surface area (TPSA) is 22.9 Å². The van der Waals surface area contributed by atoms with Gasteiger partial charge in [0.1, 0.15) is 19.3 Å². The van der Waals surface area contributed by atoms with Crippen LogP contribution in [0.3, 0.4) is 0 Å². The summed E-state index contributed by atoms with van der Waals surface area (Å²) in [4.78, 5) is 1.43. The maximum absolute atomic E-state index is 5.68. The minimum Gasteiger partial charge on any atom is -1.00 e. The molecule has 118 valence electrons. The predicted octanol–water partition coefficient (Wildman–Crippen LogP) is -1.11. The molecule has 0 amide bonds. The average molecular weight is 320 g/mol. The van der Waals surface area contributed by atoms with Crippen molar-refractivity contribution in [1.29, 1.82) is 0 Å². The van der Waals surface area contributed by atoms with Gasteiger partial charge >= 0.3 is 0 Å². The van der Waals surface area contributed by atoms with E-state index in [-0.39, 0.29) is 12.4 Å². The normalized spacial score (nSPS) is 14.3. The Morgan fingerprint density at radius 1 is 0.955 bits per heavy atom. The summed E-state index contributed by atoms with van der Waals surface area (Å²) in [6, 6.07) is 17.4. The van der Waals surface area contributed by atoms with Crippen molar-refractivity contribution in [3.63, 3.8) is 0 Å². The van der Waals surface area contributed by atoms with Crippen molar-refractivity contribution >= 4 is 0 Å². The summed E-state index contributed by atoms with van der Waals surface area (Å²) in [7, 11) is 4.41. The Morgan fingerprint density at radius 3 is 2.32 bits per heavy atom. The van der Waals surface area contributed by atoms with E-state index in [0.29, 0.717) is 19.3 Å². The third-order valence-corrected chi connectivity index (χ3v) is 3.95. The largest absolute Gasteiger partial charge is 1.00 e. The van der Waals surface area contributed by atoms with Gasteiger partial charge in [0.05, 0.1) is 14.1 Å². The second kappa shape index (κ2) is 7.52. The maximum Gasteiger partial charge on any atom is 0.161 e. The number of fused-ring (bicyclic) bond motifs is 1. The number of halogens is 1. The van der Waals surface area contributed by atoms with Gasteiger partial charge in [-0.1, -0.05) is 36.4 Å². The molecule has 0 radical (unpaired) electrons. The Labute approximate surface area is 138 Å². The van der Waals surface area contributed by atoms with Crippen molar-refractivity contribution in [2.45, 2.75) is 12.5 Å². The van der Waals surface area contributed by atoms with E-state index in [4.69, 9.17) is 9.47 Å².